The molecule has 22 heavy (non-hydrogen) atoms. The molecule has 1 N–H and O–H groups in total. The fourth-order valence-corrected chi connectivity index (χ4v) is 2.66. The molecule has 0 aromatic heterocycles. The van der Waals surface area contributed by atoms with E-state index in [1.807, 2.05) is 6.07 Å². The van der Waals surface area contributed by atoms with Crippen molar-refractivity contribution in [1.82, 2.24) is 0 Å². The van der Waals surface area contributed by atoms with Gasteiger partial charge in [0, 0.05) is 10.6 Å². The molecule has 0 spiro atoms. The number of hydrogen-bond acceptors (Lipinski definition) is 2. The third-order valence-corrected chi connectivity index (χ3v) is 4.03. The van der Waals surface area contributed by atoms with Crippen molar-refractivity contribution < 1.29 is 14.6 Å². The van der Waals surface area contributed by atoms with E-state index in [2.05, 4.69) is 31.2 Å². The van der Waals surface area contributed by atoms with Crippen LogP contribution in [-0.2, 0) is 11.2 Å². The Labute approximate surface area is 133 Å². The summed E-state index contributed by atoms with van der Waals surface area (Å²) in [6.45, 7) is 2.13. The lowest BCUT2D eigenvalue weighted by molar-refractivity contribution is -0.132. The third kappa shape index (κ3) is 3.00. The van der Waals surface area contributed by atoms with Crippen molar-refractivity contribution in [3.63, 3.8) is 0 Å². The van der Waals surface area contributed by atoms with E-state index >= 15 is 0 Å². The van der Waals surface area contributed by atoms with Gasteiger partial charge in [-0.2, -0.15) is 0 Å². The maximum atomic E-state index is 11.0. The van der Waals surface area contributed by atoms with Crippen LogP contribution < -0.4 is 4.74 Å². The van der Waals surface area contributed by atoms with Gasteiger partial charge in [-0.3, -0.25) is 0 Å². The lowest BCUT2D eigenvalue weighted by atomic mass is 10.00. The van der Waals surface area contributed by atoms with Crippen molar-refractivity contribution >= 4 is 23.6 Å². The van der Waals surface area contributed by atoms with Crippen LogP contribution in [0.5, 0.6) is 5.75 Å². The minimum absolute atomic E-state index is 0.0773. The zero-order valence-corrected chi connectivity index (χ0v) is 12.9. The minimum atomic E-state index is -0.967. The second-order valence-electron chi connectivity index (χ2n) is 5.41. The molecule has 3 rings (SSSR count). The Bertz CT molecular complexity index is 761. The first-order valence-corrected chi connectivity index (χ1v) is 7.35. The number of carbonyl (C=O) groups is 1. The Morgan fingerprint density at radius 1 is 1.27 bits per heavy atom. The molecule has 0 amide bonds. The van der Waals surface area contributed by atoms with Gasteiger partial charge in [0.25, 0.3) is 0 Å². The van der Waals surface area contributed by atoms with Gasteiger partial charge in [-0.25, -0.2) is 4.79 Å². The van der Waals surface area contributed by atoms with Crippen LogP contribution in [0.15, 0.2) is 42.0 Å². The molecule has 0 bridgehead atoms. The highest BCUT2D eigenvalue weighted by atomic mass is 35.5. The monoisotopic (exact) mass is 314 g/mol. The fraction of sp³-hybridized carbons (Fsp3) is 0.167. The summed E-state index contributed by atoms with van der Waals surface area (Å²) in [4.78, 5) is 11.0. The molecule has 0 saturated carbocycles. The number of benzene rings is 2. The van der Waals surface area contributed by atoms with E-state index < -0.39 is 5.97 Å². The van der Waals surface area contributed by atoms with Crippen molar-refractivity contribution in [3.05, 3.63) is 69.2 Å². The van der Waals surface area contributed by atoms with Gasteiger partial charge in [-0.05, 0) is 42.7 Å². The zero-order chi connectivity index (χ0) is 15.7. The highest BCUT2D eigenvalue weighted by Gasteiger charge is 2.18. The number of carboxylic acid groups (broad SMARTS) is 1. The van der Waals surface area contributed by atoms with E-state index in [-0.39, 0.29) is 12.2 Å². The molecule has 2 aromatic rings. The van der Waals surface area contributed by atoms with Gasteiger partial charge in [0.1, 0.15) is 12.4 Å². The Balaban J connectivity index is 1.92. The zero-order valence-electron chi connectivity index (χ0n) is 12.1. The molecule has 1 aliphatic rings. The predicted octanol–water partition coefficient (Wildman–Crippen LogP) is 4.10. The van der Waals surface area contributed by atoms with E-state index in [0.29, 0.717) is 22.8 Å². The molecule has 0 fully saturated rings. The number of ether oxygens (including phenoxy) is 1. The minimum Gasteiger partial charge on any atom is -0.488 e. The second kappa shape index (κ2) is 5.85. The summed E-state index contributed by atoms with van der Waals surface area (Å²) in [5.41, 5.74) is 4.30. The first-order valence-electron chi connectivity index (χ1n) is 6.97. The highest BCUT2D eigenvalue weighted by molar-refractivity contribution is 6.31. The molecular weight excluding hydrogens is 300 g/mol. The van der Waals surface area contributed by atoms with Crippen molar-refractivity contribution in [2.24, 2.45) is 0 Å². The van der Waals surface area contributed by atoms with Crippen molar-refractivity contribution in [3.8, 4) is 5.75 Å². The van der Waals surface area contributed by atoms with Crippen molar-refractivity contribution in [1.29, 1.82) is 0 Å². The summed E-state index contributed by atoms with van der Waals surface area (Å²) in [7, 11) is 0. The number of aryl methyl sites for hydroxylation is 1. The Morgan fingerprint density at radius 3 is 2.68 bits per heavy atom. The molecule has 0 radical (unpaired) electrons. The smallest absolute Gasteiger partial charge is 0.335 e. The summed E-state index contributed by atoms with van der Waals surface area (Å²) in [6.07, 6.45) is 2.33. The van der Waals surface area contributed by atoms with Gasteiger partial charge >= 0.3 is 5.97 Å². The highest BCUT2D eigenvalue weighted by Crippen LogP contribution is 2.33. The van der Waals surface area contributed by atoms with Gasteiger partial charge < -0.3 is 9.84 Å². The first kappa shape index (κ1) is 14.7. The van der Waals surface area contributed by atoms with E-state index in [0.717, 1.165) is 5.56 Å². The second-order valence-corrected chi connectivity index (χ2v) is 5.81. The summed E-state index contributed by atoms with van der Waals surface area (Å²) in [5.74, 6) is -0.290. The van der Waals surface area contributed by atoms with E-state index in [1.165, 1.54) is 11.1 Å². The molecule has 1 aliphatic heterocycles. The molecule has 0 saturated heterocycles. The van der Waals surface area contributed by atoms with Crippen LogP contribution >= 0.6 is 11.6 Å². The fourth-order valence-electron chi connectivity index (χ4n) is 2.42. The molecule has 0 atom stereocenters. The van der Waals surface area contributed by atoms with E-state index in [4.69, 9.17) is 21.4 Å². The van der Waals surface area contributed by atoms with Crippen LogP contribution in [0.25, 0.3) is 6.08 Å². The summed E-state index contributed by atoms with van der Waals surface area (Å²) in [6, 6.07) is 12.0. The van der Waals surface area contributed by atoms with Crippen molar-refractivity contribution in [2.45, 2.75) is 13.3 Å². The predicted molar refractivity (Wildman–Crippen MR) is 86.5 cm³/mol. The third-order valence-electron chi connectivity index (χ3n) is 3.68. The molecule has 112 valence electrons. The Kier molecular flexibility index (Phi) is 3.90. The number of carboxylic acids is 1. The number of hydrogen-bond donors (Lipinski definition) is 1. The van der Waals surface area contributed by atoms with Crippen molar-refractivity contribution in [2.75, 3.05) is 6.61 Å². The maximum Gasteiger partial charge on any atom is 0.335 e. The molecular formula is C18H15ClO3. The SMILES string of the molecule is Cc1ccc(Cc2cc3c(cc2Cl)C=C(C(=O)O)CO3)cc1. The molecule has 2 aromatic carbocycles. The largest absolute Gasteiger partial charge is 0.488 e. The van der Waals surface area contributed by atoms with Crippen LogP contribution in [0, 0.1) is 6.92 Å². The van der Waals surface area contributed by atoms with Crippen LogP contribution in [-0.4, -0.2) is 17.7 Å². The summed E-state index contributed by atoms with van der Waals surface area (Å²) >= 11 is 6.34. The Hall–Kier alpha value is -2.26. The van der Waals surface area contributed by atoms with Crippen LogP contribution in [0.3, 0.4) is 0 Å². The average Bonchev–Trinajstić information content (AvgIpc) is 2.49. The standard InChI is InChI=1S/C18H15ClO3/c1-11-2-4-12(5-3-11)6-13-9-17-14(8-16(13)19)7-15(10-22-17)18(20)21/h2-5,7-9H,6,10H2,1H3,(H,20,21). The number of aliphatic carboxylic acids is 1. The molecule has 3 nitrogen and oxygen atoms in total. The maximum absolute atomic E-state index is 11.0. The molecule has 4 heteroatoms. The van der Waals surface area contributed by atoms with E-state index in [9.17, 15) is 4.79 Å². The lowest BCUT2D eigenvalue weighted by Crippen LogP contribution is -2.14. The van der Waals surface area contributed by atoms with Crippen LogP contribution in [0.2, 0.25) is 5.02 Å². The average molecular weight is 315 g/mol. The van der Waals surface area contributed by atoms with Crippen LogP contribution in [0.1, 0.15) is 22.3 Å². The molecule has 0 aliphatic carbocycles. The Morgan fingerprint density at radius 2 is 2.00 bits per heavy atom. The summed E-state index contributed by atoms with van der Waals surface area (Å²) < 4.78 is 5.54. The van der Waals surface area contributed by atoms with Crippen LogP contribution in [0.4, 0.5) is 0 Å². The van der Waals surface area contributed by atoms with Gasteiger partial charge in [0.2, 0.25) is 0 Å². The number of halogens is 1. The first-order chi connectivity index (χ1) is 10.5. The molecule has 1 heterocycles. The van der Waals surface area contributed by atoms with Gasteiger partial charge in [0.05, 0.1) is 5.57 Å². The lowest BCUT2D eigenvalue weighted by Gasteiger charge is -2.18. The van der Waals surface area contributed by atoms with Gasteiger partial charge in [-0.15, -0.1) is 0 Å². The number of fused-ring (bicyclic) bond motifs is 1. The summed E-state index contributed by atoms with van der Waals surface area (Å²) in [5, 5.41) is 9.64. The van der Waals surface area contributed by atoms with Gasteiger partial charge in [-0.1, -0.05) is 41.4 Å². The normalized spacial score (nSPS) is 13.1. The number of rotatable bonds is 3. The van der Waals surface area contributed by atoms with E-state index in [1.54, 1.807) is 12.1 Å². The quantitative estimate of drug-likeness (QED) is 0.927. The van der Waals surface area contributed by atoms with Gasteiger partial charge in [0.15, 0.2) is 0 Å². The molecule has 0 unspecified atom stereocenters. The topological polar surface area (TPSA) is 46.5 Å².